The predicted molar refractivity (Wildman–Crippen MR) is 81.4 cm³/mol. The summed E-state index contributed by atoms with van der Waals surface area (Å²) in [5, 5.41) is 0. The number of benzene rings is 1. The summed E-state index contributed by atoms with van der Waals surface area (Å²) in [6, 6.07) is 8.54. The minimum Gasteiger partial charge on any atom is -0.372 e. The molecule has 1 aromatic rings. The summed E-state index contributed by atoms with van der Waals surface area (Å²) in [4.78, 5) is 14.0. The van der Waals surface area contributed by atoms with Crippen LogP contribution in [0.5, 0.6) is 0 Å². The summed E-state index contributed by atoms with van der Waals surface area (Å²) in [6.07, 6.45) is 4.60. The first-order chi connectivity index (χ1) is 9.08. The van der Waals surface area contributed by atoms with Crippen molar-refractivity contribution < 1.29 is 4.79 Å². The van der Waals surface area contributed by atoms with Crippen molar-refractivity contribution in [2.45, 2.75) is 33.6 Å². The van der Waals surface area contributed by atoms with Gasteiger partial charge in [-0.1, -0.05) is 26.0 Å². The van der Waals surface area contributed by atoms with Crippen molar-refractivity contribution in [3.63, 3.8) is 0 Å². The van der Waals surface area contributed by atoms with Crippen LogP contribution in [0.1, 0.15) is 39.2 Å². The highest BCUT2D eigenvalue weighted by Crippen LogP contribution is 2.22. The SMILES string of the molecule is CC(=O)/C(=C/c1ccc(N2CCCC2)cc1)C(C)C. The Kier molecular flexibility index (Phi) is 4.41. The van der Waals surface area contributed by atoms with Crippen LogP contribution in [0, 0.1) is 5.92 Å². The minimum absolute atomic E-state index is 0.165. The van der Waals surface area contributed by atoms with Gasteiger partial charge >= 0.3 is 0 Å². The first-order valence-corrected chi connectivity index (χ1v) is 7.15. The zero-order valence-electron chi connectivity index (χ0n) is 12.1. The Morgan fingerprint density at radius 3 is 2.21 bits per heavy atom. The van der Waals surface area contributed by atoms with Crippen LogP contribution in [0.2, 0.25) is 0 Å². The molecule has 1 saturated heterocycles. The van der Waals surface area contributed by atoms with E-state index in [2.05, 4.69) is 43.0 Å². The summed E-state index contributed by atoms with van der Waals surface area (Å²) >= 11 is 0. The van der Waals surface area contributed by atoms with E-state index < -0.39 is 0 Å². The van der Waals surface area contributed by atoms with Gasteiger partial charge in [-0.15, -0.1) is 0 Å². The second-order valence-electron chi connectivity index (χ2n) is 5.60. The molecule has 1 heterocycles. The molecule has 0 aliphatic carbocycles. The molecule has 0 aromatic heterocycles. The number of hydrogen-bond acceptors (Lipinski definition) is 2. The molecule has 1 fully saturated rings. The number of carbonyl (C=O) groups excluding carboxylic acids is 1. The van der Waals surface area contributed by atoms with Crippen molar-refractivity contribution >= 4 is 17.5 Å². The van der Waals surface area contributed by atoms with Crippen LogP contribution in [-0.4, -0.2) is 18.9 Å². The van der Waals surface area contributed by atoms with E-state index in [1.807, 2.05) is 6.08 Å². The van der Waals surface area contributed by atoms with Gasteiger partial charge in [-0.05, 0) is 55.0 Å². The summed E-state index contributed by atoms with van der Waals surface area (Å²) in [6.45, 7) is 8.10. The largest absolute Gasteiger partial charge is 0.372 e. The second kappa shape index (κ2) is 6.05. The maximum absolute atomic E-state index is 11.6. The maximum Gasteiger partial charge on any atom is 0.156 e. The normalized spacial score (nSPS) is 16.2. The average molecular weight is 257 g/mol. The standard InChI is InChI=1S/C17H23NO/c1-13(2)17(14(3)19)12-15-6-8-16(9-7-15)18-10-4-5-11-18/h6-9,12-13H,4-5,10-11H2,1-3H3/b17-12+. The molecule has 0 saturated carbocycles. The molecule has 1 aromatic carbocycles. The molecular weight excluding hydrogens is 234 g/mol. The van der Waals surface area contributed by atoms with Crippen molar-refractivity contribution in [2.24, 2.45) is 5.92 Å². The van der Waals surface area contributed by atoms with Crippen LogP contribution in [0.15, 0.2) is 29.8 Å². The molecule has 0 amide bonds. The smallest absolute Gasteiger partial charge is 0.156 e. The number of rotatable bonds is 4. The lowest BCUT2D eigenvalue weighted by atomic mass is 9.97. The number of hydrogen-bond donors (Lipinski definition) is 0. The third-order valence-corrected chi connectivity index (χ3v) is 3.72. The van der Waals surface area contributed by atoms with Gasteiger partial charge in [0, 0.05) is 18.8 Å². The fraction of sp³-hybridized carbons (Fsp3) is 0.471. The summed E-state index contributed by atoms with van der Waals surface area (Å²) < 4.78 is 0. The van der Waals surface area contributed by atoms with Gasteiger partial charge < -0.3 is 4.90 Å². The zero-order chi connectivity index (χ0) is 13.8. The Labute approximate surface area is 116 Å². The van der Waals surface area contributed by atoms with Crippen molar-refractivity contribution in [3.05, 3.63) is 35.4 Å². The highest BCUT2D eigenvalue weighted by molar-refractivity contribution is 5.98. The lowest BCUT2D eigenvalue weighted by molar-refractivity contribution is -0.113. The minimum atomic E-state index is 0.165. The lowest BCUT2D eigenvalue weighted by Crippen LogP contribution is -2.17. The van der Waals surface area contributed by atoms with Crippen LogP contribution in [0.3, 0.4) is 0 Å². The summed E-state index contributed by atoms with van der Waals surface area (Å²) in [7, 11) is 0. The maximum atomic E-state index is 11.6. The second-order valence-corrected chi connectivity index (χ2v) is 5.60. The first-order valence-electron chi connectivity index (χ1n) is 7.15. The van der Waals surface area contributed by atoms with Gasteiger partial charge in [0.2, 0.25) is 0 Å². The van der Waals surface area contributed by atoms with Gasteiger partial charge in [-0.2, -0.15) is 0 Å². The predicted octanol–water partition coefficient (Wildman–Crippen LogP) is 3.92. The average Bonchev–Trinajstić information content (AvgIpc) is 2.89. The molecule has 0 unspecified atom stereocenters. The lowest BCUT2D eigenvalue weighted by Gasteiger charge is -2.17. The number of allylic oxidation sites excluding steroid dienone is 1. The molecule has 0 bridgehead atoms. The van der Waals surface area contributed by atoms with E-state index >= 15 is 0 Å². The van der Waals surface area contributed by atoms with Crippen LogP contribution in [0.4, 0.5) is 5.69 Å². The quantitative estimate of drug-likeness (QED) is 0.762. The zero-order valence-corrected chi connectivity index (χ0v) is 12.1. The number of Topliss-reactive ketones (excluding diaryl/α,β-unsaturated/α-hetero) is 1. The van der Waals surface area contributed by atoms with Gasteiger partial charge in [0.25, 0.3) is 0 Å². The van der Waals surface area contributed by atoms with Crippen LogP contribution in [-0.2, 0) is 4.79 Å². The molecule has 102 valence electrons. The first kappa shape index (κ1) is 13.9. The molecule has 2 heteroatoms. The van der Waals surface area contributed by atoms with E-state index in [0.717, 1.165) is 11.1 Å². The summed E-state index contributed by atoms with van der Waals surface area (Å²) in [5.41, 5.74) is 3.30. The fourth-order valence-electron chi connectivity index (χ4n) is 2.61. The van der Waals surface area contributed by atoms with Gasteiger partial charge in [0.1, 0.15) is 0 Å². The van der Waals surface area contributed by atoms with Crippen LogP contribution < -0.4 is 4.90 Å². The van der Waals surface area contributed by atoms with E-state index in [0.29, 0.717) is 0 Å². The monoisotopic (exact) mass is 257 g/mol. The third kappa shape index (κ3) is 3.46. The van der Waals surface area contributed by atoms with E-state index in [1.165, 1.54) is 31.6 Å². The molecule has 0 radical (unpaired) electrons. The molecule has 0 N–H and O–H groups in total. The van der Waals surface area contributed by atoms with Crippen molar-refractivity contribution in [2.75, 3.05) is 18.0 Å². The third-order valence-electron chi connectivity index (χ3n) is 3.72. The molecule has 2 rings (SSSR count). The summed E-state index contributed by atoms with van der Waals surface area (Å²) in [5.74, 6) is 0.439. The molecule has 0 atom stereocenters. The molecule has 2 nitrogen and oxygen atoms in total. The van der Waals surface area contributed by atoms with Crippen LogP contribution >= 0.6 is 0 Å². The Hall–Kier alpha value is -1.57. The van der Waals surface area contributed by atoms with Gasteiger partial charge in [0.15, 0.2) is 5.78 Å². The number of carbonyl (C=O) groups is 1. The van der Waals surface area contributed by atoms with Crippen LogP contribution in [0.25, 0.3) is 6.08 Å². The van der Waals surface area contributed by atoms with E-state index in [-0.39, 0.29) is 11.7 Å². The fourth-order valence-corrected chi connectivity index (χ4v) is 2.61. The molecule has 1 aliphatic heterocycles. The number of nitrogens with zero attached hydrogens (tertiary/aromatic N) is 1. The van der Waals surface area contributed by atoms with Gasteiger partial charge in [0.05, 0.1) is 0 Å². The molecule has 0 spiro atoms. The Morgan fingerprint density at radius 2 is 1.74 bits per heavy atom. The van der Waals surface area contributed by atoms with Crippen molar-refractivity contribution in [3.8, 4) is 0 Å². The Morgan fingerprint density at radius 1 is 1.16 bits per heavy atom. The van der Waals surface area contributed by atoms with Crippen molar-refractivity contribution in [1.29, 1.82) is 0 Å². The highest BCUT2D eigenvalue weighted by atomic mass is 16.1. The Bertz CT molecular complexity index is 465. The van der Waals surface area contributed by atoms with E-state index in [1.54, 1.807) is 6.92 Å². The van der Waals surface area contributed by atoms with E-state index in [4.69, 9.17) is 0 Å². The van der Waals surface area contributed by atoms with E-state index in [9.17, 15) is 4.79 Å². The Balaban J connectivity index is 2.17. The molecule has 19 heavy (non-hydrogen) atoms. The highest BCUT2D eigenvalue weighted by Gasteiger charge is 2.12. The molecule has 1 aliphatic rings. The number of ketones is 1. The topological polar surface area (TPSA) is 20.3 Å². The van der Waals surface area contributed by atoms with Gasteiger partial charge in [-0.3, -0.25) is 4.79 Å². The van der Waals surface area contributed by atoms with Crippen molar-refractivity contribution in [1.82, 2.24) is 0 Å². The van der Waals surface area contributed by atoms with Gasteiger partial charge in [-0.25, -0.2) is 0 Å². The molecular formula is C17H23NO. The number of anilines is 1.